The topological polar surface area (TPSA) is 48.1 Å². The number of aromatic nitrogens is 1. The van der Waals surface area contributed by atoms with Crippen LogP contribution in [0.3, 0.4) is 0 Å². The van der Waals surface area contributed by atoms with Crippen molar-refractivity contribution in [2.45, 2.75) is 6.92 Å². The highest BCUT2D eigenvalue weighted by atomic mass is 79.9. The predicted molar refractivity (Wildman–Crippen MR) is 75.3 cm³/mol. The Morgan fingerprint density at radius 2 is 2.00 bits per heavy atom. The number of nitrogens with zero attached hydrogens (tertiary/aromatic N) is 1. The van der Waals surface area contributed by atoms with Crippen LogP contribution >= 0.6 is 31.9 Å². The van der Waals surface area contributed by atoms with E-state index in [9.17, 15) is 0 Å². The number of aryl methyl sites for hydroxylation is 1. The Morgan fingerprint density at radius 1 is 1.24 bits per heavy atom. The largest absolute Gasteiger partial charge is 0.437 e. The van der Waals surface area contributed by atoms with Gasteiger partial charge in [-0.05, 0) is 62.5 Å². The minimum atomic E-state index is 0.524. The van der Waals surface area contributed by atoms with Crippen LogP contribution in [0.2, 0.25) is 0 Å². The highest BCUT2D eigenvalue weighted by Gasteiger charge is 2.09. The van der Waals surface area contributed by atoms with Gasteiger partial charge in [0.1, 0.15) is 5.75 Å². The van der Waals surface area contributed by atoms with Crippen molar-refractivity contribution in [2.24, 2.45) is 0 Å². The normalized spacial score (nSPS) is 10.3. The fourth-order valence-corrected chi connectivity index (χ4v) is 1.93. The molecule has 1 aromatic carbocycles. The number of anilines is 1. The summed E-state index contributed by atoms with van der Waals surface area (Å²) in [5.74, 6) is 1.17. The van der Waals surface area contributed by atoms with Crippen LogP contribution < -0.4 is 10.5 Å². The summed E-state index contributed by atoms with van der Waals surface area (Å²) in [5.41, 5.74) is 7.43. The molecule has 0 fully saturated rings. The molecule has 0 saturated carbocycles. The molecule has 2 aromatic rings. The van der Waals surface area contributed by atoms with Crippen LogP contribution in [0.15, 0.2) is 39.4 Å². The van der Waals surface area contributed by atoms with Gasteiger partial charge in [-0.3, -0.25) is 0 Å². The van der Waals surface area contributed by atoms with E-state index in [1.165, 1.54) is 0 Å². The molecule has 2 rings (SSSR count). The SMILES string of the molecule is Cc1ccnc(Oc2cc(N)ccc2Br)c1Br. The number of nitrogen functional groups attached to an aromatic ring is 1. The van der Waals surface area contributed by atoms with Gasteiger partial charge in [-0.25, -0.2) is 4.98 Å². The smallest absolute Gasteiger partial charge is 0.233 e. The van der Waals surface area contributed by atoms with Gasteiger partial charge in [0, 0.05) is 18.0 Å². The number of hydrogen-bond donors (Lipinski definition) is 1. The van der Waals surface area contributed by atoms with Gasteiger partial charge < -0.3 is 10.5 Å². The summed E-state index contributed by atoms with van der Waals surface area (Å²) in [6.45, 7) is 1.98. The Labute approximate surface area is 116 Å². The van der Waals surface area contributed by atoms with Crippen molar-refractivity contribution in [3.05, 3.63) is 45.0 Å². The van der Waals surface area contributed by atoms with Gasteiger partial charge in [0.15, 0.2) is 0 Å². The van der Waals surface area contributed by atoms with Gasteiger partial charge in [0.2, 0.25) is 5.88 Å². The monoisotopic (exact) mass is 356 g/mol. The van der Waals surface area contributed by atoms with E-state index < -0.39 is 0 Å². The molecule has 0 aliphatic heterocycles. The zero-order valence-corrected chi connectivity index (χ0v) is 12.2. The average Bonchev–Trinajstić information content (AvgIpc) is 2.30. The van der Waals surface area contributed by atoms with Crippen LogP contribution in [0.25, 0.3) is 0 Å². The maximum Gasteiger partial charge on any atom is 0.233 e. The summed E-state index contributed by atoms with van der Waals surface area (Å²) in [6, 6.07) is 7.30. The summed E-state index contributed by atoms with van der Waals surface area (Å²) >= 11 is 6.85. The molecule has 1 aromatic heterocycles. The quantitative estimate of drug-likeness (QED) is 0.815. The van der Waals surface area contributed by atoms with Crippen molar-refractivity contribution >= 4 is 37.5 Å². The molecule has 1 heterocycles. The van der Waals surface area contributed by atoms with Crippen LogP contribution in [0.4, 0.5) is 5.69 Å². The first-order valence-electron chi connectivity index (χ1n) is 4.92. The molecule has 0 bridgehead atoms. The van der Waals surface area contributed by atoms with Crippen molar-refractivity contribution in [3.8, 4) is 11.6 Å². The Hall–Kier alpha value is -1.07. The molecule has 5 heteroatoms. The van der Waals surface area contributed by atoms with Gasteiger partial charge in [-0.2, -0.15) is 0 Å². The third-order valence-electron chi connectivity index (χ3n) is 2.21. The van der Waals surface area contributed by atoms with Gasteiger partial charge >= 0.3 is 0 Å². The van der Waals surface area contributed by atoms with E-state index in [1.807, 2.05) is 19.1 Å². The molecule has 3 nitrogen and oxygen atoms in total. The van der Waals surface area contributed by atoms with E-state index in [1.54, 1.807) is 18.3 Å². The van der Waals surface area contributed by atoms with Crippen LogP contribution in [0.1, 0.15) is 5.56 Å². The molecule has 0 spiro atoms. The molecule has 0 saturated heterocycles. The van der Waals surface area contributed by atoms with Crippen molar-refractivity contribution in [1.29, 1.82) is 0 Å². The zero-order valence-electron chi connectivity index (χ0n) is 9.08. The first-order valence-corrected chi connectivity index (χ1v) is 6.50. The van der Waals surface area contributed by atoms with E-state index in [0.29, 0.717) is 17.3 Å². The summed E-state index contributed by atoms with van der Waals surface area (Å²) < 4.78 is 7.39. The van der Waals surface area contributed by atoms with E-state index in [4.69, 9.17) is 10.5 Å². The van der Waals surface area contributed by atoms with Crippen molar-refractivity contribution in [3.63, 3.8) is 0 Å². The van der Waals surface area contributed by atoms with E-state index in [2.05, 4.69) is 36.8 Å². The maximum atomic E-state index is 5.72. The van der Waals surface area contributed by atoms with Crippen LogP contribution in [0, 0.1) is 6.92 Å². The Balaban J connectivity index is 2.38. The summed E-state index contributed by atoms with van der Waals surface area (Å²) in [7, 11) is 0. The Bertz CT molecular complexity index is 558. The number of pyridine rings is 1. The van der Waals surface area contributed by atoms with E-state index >= 15 is 0 Å². The summed E-state index contributed by atoms with van der Waals surface area (Å²) in [6.07, 6.45) is 1.70. The van der Waals surface area contributed by atoms with Crippen molar-refractivity contribution in [1.82, 2.24) is 4.98 Å². The second-order valence-electron chi connectivity index (χ2n) is 3.54. The van der Waals surface area contributed by atoms with Crippen molar-refractivity contribution < 1.29 is 4.74 Å². The third kappa shape index (κ3) is 2.79. The number of hydrogen-bond acceptors (Lipinski definition) is 3. The average molecular weight is 358 g/mol. The molecule has 88 valence electrons. The van der Waals surface area contributed by atoms with Gasteiger partial charge in [-0.1, -0.05) is 0 Å². The highest BCUT2D eigenvalue weighted by molar-refractivity contribution is 9.11. The molecule has 0 amide bonds. The second kappa shape index (κ2) is 5.06. The van der Waals surface area contributed by atoms with Gasteiger partial charge in [-0.15, -0.1) is 0 Å². The summed E-state index contributed by atoms with van der Waals surface area (Å²) in [4.78, 5) is 4.17. The van der Waals surface area contributed by atoms with Crippen LogP contribution in [0.5, 0.6) is 11.6 Å². The van der Waals surface area contributed by atoms with Crippen LogP contribution in [-0.4, -0.2) is 4.98 Å². The van der Waals surface area contributed by atoms with E-state index in [-0.39, 0.29) is 0 Å². The number of ether oxygens (including phenoxy) is 1. The predicted octanol–water partition coefficient (Wildman–Crippen LogP) is 4.29. The lowest BCUT2D eigenvalue weighted by Gasteiger charge is -2.10. The fourth-order valence-electron chi connectivity index (χ4n) is 1.29. The lowest BCUT2D eigenvalue weighted by molar-refractivity contribution is 0.456. The molecule has 0 aliphatic carbocycles. The maximum absolute atomic E-state index is 5.72. The number of nitrogens with two attached hydrogens (primary N) is 1. The molecule has 0 unspecified atom stereocenters. The van der Waals surface area contributed by atoms with Crippen LogP contribution in [-0.2, 0) is 0 Å². The molecular weight excluding hydrogens is 348 g/mol. The Morgan fingerprint density at radius 3 is 2.76 bits per heavy atom. The number of rotatable bonds is 2. The van der Waals surface area contributed by atoms with E-state index in [0.717, 1.165) is 14.5 Å². The molecule has 0 radical (unpaired) electrons. The Kier molecular flexibility index (Phi) is 3.69. The third-order valence-corrected chi connectivity index (χ3v) is 3.83. The highest BCUT2D eigenvalue weighted by Crippen LogP contribution is 2.34. The number of benzene rings is 1. The lowest BCUT2D eigenvalue weighted by Crippen LogP contribution is -1.93. The zero-order chi connectivity index (χ0) is 12.4. The minimum Gasteiger partial charge on any atom is -0.437 e. The van der Waals surface area contributed by atoms with Gasteiger partial charge in [0.25, 0.3) is 0 Å². The minimum absolute atomic E-state index is 0.524. The fraction of sp³-hybridized carbons (Fsp3) is 0.0833. The van der Waals surface area contributed by atoms with Gasteiger partial charge in [0.05, 0.1) is 8.95 Å². The first-order chi connectivity index (χ1) is 8.08. The number of halogens is 2. The molecule has 2 N–H and O–H groups in total. The standard InChI is InChI=1S/C12H10Br2N2O/c1-7-4-5-16-12(11(7)14)17-10-6-8(15)2-3-9(10)13/h2-6H,15H2,1H3. The molecule has 0 aliphatic rings. The first kappa shape index (κ1) is 12.4. The molecule has 0 atom stereocenters. The second-order valence-corrected chi connectivity index (χ2v) is 5.19. The molecular formula is C12H10Br2N2O. The van der Waals surface area contributed by atoms with Crippen molar-refractivity contribution in [2.75, 3.05) is 5.73 Å². The molecule has 17 heavy (non-hydrogen) atoms. The lowest BCUT2D eigenvalue weighted by atomic mass is 10.3. The summed E-state index contributed by atoms with van der Waals surface area (Å²) in [5, 5.41) is 0.